The normalized spacial score (nSPS) is 15.7. The number of ether oxygens (including phenoxy) is 1. The molecular formula is C20H29N3O2. The summed E-state index contributed by atoms with van der Waals surface area (Å²) in [4.78, 5) is 16.3. The molecular weight excluding hydrogens is 314 g/mol. The Labute approximate surface area is 151 Å². The maximum atomic E-state index is 12.2. The monoisotopic (exact) mass is 343 g/mol. The summed E-state index contributed by atoms with van der Waals surface area (Å²) in [5.74, 6) is 0. The Balaban J connectivity index is 2.13. The smallest absolute Gasteiger partial charge is 0.410 e. The zero-order chi connectivity index (χ0) is 18.8. The quantitative estimate of drug-likeness (QED) is 0.776. The first-order valence-electron chi connectivity index (χ1n) is 8.79. The van der Waals surface area contributed by atoms with Crippen molar-refractivity contribution >= 4 is 11.8 Å². The van der Waals surface area contributed by atoms with Gasteiger partial charge in [0.15, 0.2) is 0 Å². The molecule has 0 spiro atoms. The van der Waals surface area contributed by atoms with E-state index in [4.69, 9.17) is 4.74 Å². The lowest BCUT2D eigenvalue weighted by Gasteiger charge is -2.39. The number of hydrogen-bond acceptors (Lipinski definition) is 4. The largest absolute Gasteiger partial charge is 0.444 e. The van der Waals surface area contributed by atoms with Gasteiger partial charge in [-0.25, -0.2) is 4.79 Å². The van der Waals surface area contributed by atoms with Gasteiger partial charge in [-0.15, -0.1) is 0 Å². The number of carbonyl (C=O) groups excluding carboxylic acids is 1. The van der Waals surface area contributed by atoms with Crippen molar-refractivity contribution in [1.82, 2.24) is 4.90 Å². The van der Waals surface area contributed by atoms with Gasteiger partial charge < -0.3 is 14.5 Å². The average Bonchev–Trinajstić information content (AvgIpc) is 2.52. The van der Waals surface area contributed by atoms with Gasteiger partial charge in [-0.1, -0.05) is 20.8 Å². The summed E-state index contributed by atoms with van der Waals surface area (Å²) in [5, 5.41) is 9.20. The molecule has 0 radical (unpaired) electrons. The SMILES string of the molecule is CC(C)(C)OC(=O)N1CCN(c2ccc(C#N)cc2C(C)(C)C)CC1. The molecule has 2 rings (SSSR count). The minimum atomic E-state index is -0.471. The number of nitriles is 1. The lowest BCUT2D eigenvalue weighted by atomic mass is 9.84. The lowest BCUT2D eigenvalue weighted by molar-refractivity contribution is 0.0240. The van der Waals surface area contributed by atoms with E-state index in [2.05, 4.69) is 31.7 Å². The third-order valence-corrected chi connectivity index (χ3v) is 4.21. The van der Waals surface area contributed by atoms with E-state index < -0.39 is 5.60 Å². The minimum Gasteiger partial charge on any atom is -0.444 e. The van der Waals surface area contributed by atoms with E-state index in [1.165, 1.54) is 0 Å². The third-order valence-electron chi connectivity index (χ3n) is 4.21. The summed E-state index contributed by atoms with van der Waals surface area (Å²) in [6.45, 7) is 14.9. The lowest BCUT2D eigenvalue weighted by Crippen LogP contribution is -2.50. The molecule has 1 fully saturated rings. The minimum absolute atomic E-state index is 0.0511. The van der Waals surface area contributed by atoms with Crippen molar-refractivity contribution in [2.75, 3.05) is 31.1 Å². The Kier molecular flexibility index (Phi) is 5.31. The molecule has 0 bridgehead atoms. The molecule has 25 heavy (non-hydrogen) atoms. The molecule has 1 aliphatic heterocycles. The van der Waals surface area contributed by atoms with Gasteiger partial charge >= 0.3 is 6.09 Å². The zero-order valence-electron chi connectivity index (χ0n) is 16.2. The highest BCUT2D eigenvalue weighted by atomic mass is 16.6. The highest BCUT2D eigenvalue weighted by molar-refractivity contribution is 5.69. The highest BCUT2D eigenvalue weighted by Gasteiger charge is 2.28. The summed E-state index contributed by atoms with van der Waals surface area (Å²) in [7, 11) is 0. The van der Waals surface area contributed by atoms with Crippen LogP contribution in [-0.4, -0.2) is 42.8 Å². The fourth-order valence-corrected chi connectivity index (χ4v) is 2.94. The summed E-state index contributed by atoms with van der Waals surface area (Å²) < 4.78 is 5.46. The van der Waals surface area contributed by atoms with Crippen LogP contribution in [0.4, 0.5) is 10.5 Å². The van der Waals surface area contributed by atoms with Crippen LogP contribution < -0.4 is 4.90 Å². The van der Waals surface area contributed by atoms with E-state index in [1.54, 1.807) is 4.90 Å². The molecule has 0 aromatic heterocycles. The van der Waals surface area contributed by atoms with E-state index in [1.807, 2.05) is 39.0 Å². The van der Waals surface area contributed by atoms with Crippen LogP contribution in [0, 0.1) is 11.3 Å². The van der Waals surface area contributed by atoms with Crippen molar-refractivity contribution in [2.45, 2.75) is 52.6 Å². The third kappa shape index (κ3) is 4.88. The van der Waals surface area contributed by atoms with Gasteiger partial charge in [0.1, 0.15) is 5.60 Å². The second-order valence-corrected chi connectivity index (χ2v) is 8.55. The van der Waals surface area contributed by atoms with Gasteiger partial charge in [-0.3, -0.25) is 0 Å². The molecule has 0 N–H and O–H groups in total. The summed E-state index contributed by atoms with van der Waals surface area (Å²) in [6, 6.07) is 8.10. The van der Waals surface area contributed by atoms with Crippen LogP contribution in [0.15, 0.2) is 18.2 Å². The van der Waals surface area contributed by atoms with Crippen LogP contribution in [-0.2, 0) is 10.2 Å². The highest BCUT2D eigenvalue weighted by Crippen LogP contribution is 2.33. The van der Waals surface area contributed by atoms with Gasteiger partial charge in [-0.05, 0) is 49.9 Å². The molecule has 1 aliphatic rings. The topological polar surface area (TPSA) is 56.6 Å². The molecule has 0 saturated carbocycles. The maximum Gasteiger partial charge on any atom is 0.410 e. The van der Waals surface area contributed by atoms with E-state index in [9.17, 15) is 10.1 Å². The molecule has 1 saturated heterocycles. The van der Waals surface area contributed by atoms with Crippen LogP contribution in [0.1, 0.15) is 52.7 Å². The van der Waals surface area contributed by atoms with Crippen molar-refractivity contribution < 1.29 is 9.53 Å². The number of hydrogen-bond donors (Lipinski definition) is 0. The van der Waals surface area contributed by atoms with Crippen LogP contribution >= 0.6 is 0 Å². The number of benzene rings is 1. The van der Waals surface area contributed by atoms with E-state index >= 15 is 0 Å². The predicted octanol–water partition coefficient (Wildman–Crippen LogP) is 3.91. The van der Waals surface area contributed by atoms with E-state index in [0.29, 0.717) is 18.7 Å². The first-order valence-corrected chi connectivity index (χ1v) is 8.79. The van der Waals surface area contributed by atoms with Crippen LogP contribution in [0.2, 0.25) is 0 Å². The first-order chi connectivity index (χ1) is 11.5. The van der Waals surface area contributed by atoms with Crippen molar-refractivity contribution in [3.63, 3.8) is 0 Å². The van der Waals surface area contributed by atoms with Crippen molar-refractivity contribution in [3.8, 4) is 6.07 Å². The number of nitrogens with zero attached hydrogens (tertiary/aromatic N) is 3. The van der Waals surface area contributed by atoms with Gasteiger partial charge in [-0.2, -0.15) is 5.26 Å². The number of amides is 1. The number of anilines is 1. The van der Waals surface area contributed by atoms with Gasteiger partial charge in [0, 0.05) is 31.9 Å². The molecule has 0 aliphatic carbocycles. The van der Waals surface area contributed by atoms with E-state index in [0.717, 1.165) is 24.3 Å². The fraction of sp³-hybridized carbons (Fsp3) is 0.600. The Morgan fingerprint density at radius 3 is 2.16 bits per heavy atom. The van der Waals surface area contributed by atoms with E-state index in [-0.39, 0.29) is 11.5 Å². The second-order valence-electron chi connectivity index (χ2n) is 8.55. The second kappa shape index (κ2) is 6.95. The van der Waals surface area contributed by atoms with Gasteiger partial charge in [0.05, 0.1) is 11.6 Å². The number of rotatable bonds is 1. The molecule has 5 heteroatoms. The Bertz CT molecular complexity index is 670. The first kappa shape index (κ1) is 19.1. The molecule has 1 heterocycles. The zero-order valence-corrected chi connectivity index (χ0v) is 16.2. The van der Waals surface area contributed by atoms with Crippen molar-refractivity contribution in [1.29, 1.82) is 5.26 Å². The number of carbonyl (C=O) groups is 1. The molecule has 5 nitrogen and oxygen atoms in total. The van der Waals surface area contributed by atoms with Crippen molar-refractivity contribution in [3.05, 3.63) is 29.3 Å². The fourth-order valence-electron chi connectivity index (χ4n) is 2.94. The molecule has 1 aromatic rings. The van der Waals surface area contributed by atoms with Gasteiger partial charge in [0.2, 0.25) is 0 Å². The molecule has 0 atom stereocenters. The Hall–Kier alpha value is -2.22. The van der Waals surface area contributed by atoms with Gasteiger partial charge in [0.25, 0.3) is 0 Å². The Morgan fingerprint density at radius 1 is 1.08 bits per heavy atom. The summed E-state index contributed by atoms with van der Waals surface area (Å²) in [6.07, 6.45) is -0.247. The van der Waals surface area contributed by atoms with Crippen molar-refractivity contribution in [2.24, 2.45) is 0 Å². The predicted molar refractivity (Wildman–Crippen MR) is 99.9 cm³/mol. The number of piperazine rings is 1. The molecule has 1 amide bonds. The van der Waals surface area contributed by atoms with Crippen LogP contribution in [0.5, 0.6) is 0 Å². The molecule has 1 aromatic carbocycles. The molecule has 0 unspecified atom stereocenters. The van der Waals surface area contributed by atoms with Crippen LogP contribution in [0.3, 0.4) is 0 Å². The maximum absolute atomic E-state index is 12.2. The summed E-state index contributed by atoms with van der Waals surface area (Å²) >= 11 is 0. The summed E-state index contributed by atoms with van der Waals surface area (Å²) in [5.41, 5.74) is 2.47. The standard InChI is InChI=1S/C20H29N3O2/c1-19(2,3)16-13-15(14-21)7-8-17(16)22-9-11-23(12-10-22)18(24)25-20(4,5)6/h7-8,13H,9-12H2,1-6H3. The molecule has 136 valence electrons. The average molecular weight is 343 g/mol. The Morgan fingerprint density at radius 2 is 1.68 bits per heavy atom. The van der Waals surface area contributed by atoms with Crippen LogP contribution in [0.25, 0.3) is 0 Å².